The normalized spacial score (nSPS) is 35.7. The van der Waals surface area contributed by atoms with Crippen LogP contribution in [-0.4, -0.2) is 24.3 Å². The van der Waals surface area contributed by atoms with Crippen LogP contribution in [0.2, 0.25) is 0 Å². The third kappa shape index (κ3) is 3.89. The predicted octanol–water partition coefficient (Wildman–Crippen LogP) is 4.34. The van der Waals surface area contributed by atoms with Gasteiger partial charge in [-0.15, -0.1) is 0 Å². The Morgan fingerprint density at radius 1 is 1.41 bits per heavy atom. The van der Waals surface area contributed by atoms with Gasteiger partial charge < -0.3 is 9.47 Å². The van der Waals surface area contributed by atoms with Gasteiger partial charge in [0.1, 0.15) is 6.10 Å². The number of allylic oxidation sites excluding steroid dienone is 2. The molecule has 2 rings (SSSR count). The molecule has 122 valence electrons. The van der Waals surface area contributed by atoms with Crippen LogP contribution < -0.4 is 0 Å². The Bertz CT molecular complexity index is 501. The first kappa shape index (κ1) is 17.0. The molecule has 3 nitrogen and oxygen atoms in total. The van der Waals surface area contributed by atoms with Crippen molar-refractivity contribution in [3.05, 3.63) is 35.5 Å². The van der Waals surface area contributed by atoms with Crippen LogP contribution in [0.5, 0.6) is 0 Å². The summed E-state index contributed by atoms with van der Waals surface area (Å²) >= 11 is 0. The molecule has 22 heavy (non-hydrogen) atoms. The molecule has 4 atom stereocenters. The smallest absolute Gasteiger partial charge is 0.334 e. The molecular weight excluding hydrogens is 276 g/mol. The van der Waals surface area contributed by atoms with Gasteiger partial charge in [0.25, 0.3) is 0 Å². The van der Waals surface area contributed by atoms with E-state index in [9.17, 15) is 4.79 Å². The molecule has 3 heteroatoms. The van der Waals surface area contributed by atoms with E-state index >= 15 is 0 Å². The van der Waals surface area contributed by atoms with Crippen LogP contribution in [-0.2, 0) is 14.3 Å². The SMILES string of the molecule is C=C1C(=O)O[C@@H]2/C=C(\C)CC/C=C(\C)C[C@@H](O[C@@H](C)CC)[C@@H]12. The first-order valence-electron chi connectivity index (χ1n) is 8.30. The first-order chi connectivity index (χ1) is 10.4. The summed E-state index contributed by atoms with van der Waals surface area (Å²) in [5.41, 5.74) is 3.12. The lowest BCUT2D eigenvalue weighted by Crippen LogP contribution is -2.33. The van der Waals surface area contributed by atoms with Crippen LogP contribution in [0.4, 0.5) is 0 Å². The highest BCUT2D eigenvalue weighted by molar-refractivity contribution is 5.91. The number of esters is 1. The molecule has 0 N–H and O–H groups in total. The van der Waals surface area contributed by atoms with Crippen LogP contribution >= 0.6 is 0 Å². The minimum Gasteiger partial charge on any atom is -0.454 e. The van der Waals surface area contributed by atoms with Crippen molar-refractivity contribution in [3.63, 3.8) is 0 Å². The lowest BCUT2D eigenvalue weighted by atomic mass is 9.85. The topological polar surface area (TPSA) is 35.5 Å². The average molecular weight is 304 g/mol. The van der Waals surface area contributed by atoms with Gasteiger partial charge in [-0.3, -0.25) is 0 Å². The van der Waals surface area contributed by atoms with Crippen LogP contribution in [0.15, 0.2) is 35.5 Å². The van der Waals surface area contributed by atoms with Gasteiger partial charge in [0.05, 0.1) is 18.1 Å². The van der Waals surface area contributed by atoms with Crippen LogP contribution in [0.1, 0.15) is 53.4 Å². The third-order valence-electron chi connectivity index (χ3n) is 4.65. The molecule has 0 unspecified atom stereocenters. The molecular formula is C19H28O3. The van der Waals surface area contributed by atoms with Crippen molar-refractivity contribution in [2.24, 2.45) is 5.92 Å². The van der Waals surface area contributed by atoms with E-state index in [1.54, 1.807) is 0 Å². The number of carbonyl (C=O) groups is 1. The summed E-state index contributed by atoms with van der Waals surface area (Å²) in [7, 11) is 0. The molecule has 0 amide bonds. The van der Waals surface area contributed by atoms with E-state index in [4.69, 9.17) is 9.47 Å². The zero-order valence-corrected chi connectivity index (χ0v) is 14.2. The second-order valence-corrected chi connectivity index (χ2v) is 6.62. The van der Waals surface area contributed by atoms with Gasteiger partial charge in [0, 0.05) is 5.57 Å². The summed E-state index contributed by atoms with van der Waals surface area (Å²) in [5.74, 6) is -0.365. The van der Waals surface area contributed by atoms with Crippen molar-refractivity contribution in [1.29, 1.82) is 0 Å². The highest BCUT2D eigenvalue weighted by Gasteiger charge is 2.43. The maximum absolute atomic E-state index is 12.0. The van der Waals surface area contributed by atoms with E-state index in [0.29, 0.717) is 5.57 Å². The van der Waals surface area contributed by atoms with E-state index in [1.807, 2.05) is 0 Å². The summed E-state index contributed by atoms with van der Waals surface area (Å²) in [4.78, 5) is 12.0. The minimum absolute atomic E-state index is 0.0581. The molecule has 0 aromatic heterocycles. The number of carbonyl (C=O) groups excluding carboxylic acids is 1. The van der Waals surface area contributed by atoms with E-state index in [2.05, 4.69) is 46.4 Å². The van der Waals surface area contributed by atoms with Gasteiger partial charge in [-0.05, 0) is 52.5 Å². The second kappa shape index (κ2) is 7.28. The zero-order chi connectivity index (χ0) is 16.3. The number of hydrogen-bond acceptors (Lipinski definition) is 3. The summed E-state index contributed by atoms with van der Waals surface area (Å²) in [6.45, 7) is 12.4. The Labute approximate surface area is 134 Å². The molecule has 2 aliphatic rings. The Balaban J connectivity index is 2.35. The highest BCUT2D eigenvalue weighted by atomic mass is 16.6. The van der Waals surface area contributed by atoms with E-state index < -0.39 is 0 Å². The third-order valence-corrected chi connectivity index (χ3v) is 4.65. The van der Waals surface area contributed by atoms with Crippen molar-refractivity contribution >= 4 is 5.97 Å². The number of ether oxygens (including phenoxy) is 2. The fourth-order valence-electron chi connectivity index (χ4n) is 3.15. The van der Waals surface area contributed by atoms with Gasteiger partial charge in [-0.2, -0.15) is 0 Å². The quantitative estimate of drug-likeness (QED) is 0.442. The van der Waals surface area contributed by atoms with Crippen molar-refractivity contribution in [1.82, 2.24) is 0 Å². The largest absolute Gasteiger partial charge is 0.454 e. The van der Waals surface area contributed by atoms with Crippen LogP contribution in [0, 0.1) is 5.92 Å². The molecule has 1 aliphatic heterocycles. The summed E-state index contributed by atoms with van der Waals surface area (Å²) < 4.78 is 11.8. The maximum Gasteiger partial charge on any atom is 0.334 e. The van der Waals surface area contributed by atoms with Gasteiger partial charge in [-0.1, -0.05) is 30.7 Å². The standard InChI is InChI=1S/C19H28O3/c1-6-14(4)21-16-10-12(2)8-7-9-13(3)11-17-18(16)15(5)19(20)22-17/h8,11,14,16-18H,5-7,9-10H2,1-4H3/b12-8+,13-11+/t14-,16+,17+,18+/m0/s1. The highest BCUT2D eigenvalue weighted by Crippen LogP contribution is 2.36. The summed E-state index contributed by atoms with van der Waals surface area (Å²) in [5, 5.41) is 0. The molecule has 1 heterocycles. The van der Waals surface area contributed by atoms with Gasteiger partial charge in [-0.25, -0.2) is 4.79 Å². The molecule has 1 saturated heterocycles. The van der Waals surface area contributed by atoms with E-state index in [0.717, 1.165) is 25.7 Å². The maximum atomic E-state index is 12.0. The number of fused-ring (bicyclic) bond motifs is 1. The Morgan fingerprint density at radius 2 is 2.14 bits per heavy atom. The second-order valence-electron chi connectivity index (χ2n) is 6.62. The van der Waals surface area contributed by atoms with Gasteiger partial charge in [0.2, 0.25) is 0 Å². The van der Waals surface area contributed by atoms with E-state index in [1.165, 1.54) is 11.1 Å². The molecule has 1 fully saturated rings. The van der Waals surface area contributed by atoms with E-state index in [-0.39, 0.29) is 30.2 Å². The molecule has 0 spiro atoms. The van der Waals surface area contributed by atoms with Gasteiger partial charge in [0.15, 0.2) is 0 Å². The molecule has 0 saturated carbocycles. The molecule has 0 aromatic rings. The van der Waals surface area contributed by atoms with Crippen molar-refractivity contribution < 1.29 is 14.3 Å². The molecule has 0 radical (unpaired) electrons. The average Bonchev–Trinajstić information content (AvgIpc) is 2.72. The Kier molecular flexibility index (Phi) is 5.63. The fraction of sp³-hybridized carbons (Fsp3) is 0.632. The van der Waals surface area contributed by atoms with Gasteiger partial charge >= 0.3 is 5.97 Å². The van der Waals surface area contributed by atoms with Crippen molar-refractivity contribution in [2.75, 3.05) is 0 Å². The summed E-state index contributed by atoms with van der Waals surface area (Å²) in [6, 6.07) is 0. The van der Waals surface area contributed by atoms with Crippen LogP contribution in [0.25, 0.3) is 0 Å². The van der Waals surface area contributed by atoms with Crippen molar-refractivity contribution in [2.45, 2.75) is 71.7 Å². The Morgan fingerprint density at radius 3 is 2.82 bits per heavy atom. The molecule has 1 aliphatic carbocycles. The summed E-state index contributed by atoms with van der Waals surface area (Å²) in [6.07, 6.45) is 8.04. The fourth-order valence-corrected chi connectivity index (χ4v) is 3.15. The lowest BCUT2D eigenvalue weighted by molar-refractivity contribution is -0.137. The molecule has 0 aromatic carbocycles. The minimum atomic E-state index is -0.280. The molecule has 0 bridgehead atoms. The number of rotatable bonds is 3. The predicted molar refractivity (Wildman–Crippen MR) is 88.5 cm³/mol. The monoisotopic (exact) mass is 304 g/mol. The van der Waals surface area contributed by atoms with Crippen LogP contribution in [0.3, 0.4) is 0 Å². The Hall–Kier alpha value is -1.35. The lowest BCUT2D eigenvalue weighted by Gasteiger charge is -2.29. The first-order valence-corrected chi connectivity index (χ1v) is 8.30. The van der Waals surface area contributed by atoms with Crippen molar-refractivity contribution in [3.8, 4) is 0 Å². The zero-order valence-electron chi connectivity index (χ0n) is 14.2. The number of hydrogen-bond donors (Lipinski definition) is 0.